The fourth-order valence-corrected chi connectivity index (χ4v) is 3.65. The van der Waals surface area contributed by atoms with Crippen molar-refractivity contribution in [2.75, 3.05) is 11.9 Å². The molecule has 27 heavy (non-hydrogen) atoms. The second-order valence-electron chi connectivity index (χ2n) is 5.82. The standard InChI is InChI=1S/C17H16N4O5S/c22-17(12-6-8-14(9-7-12)21(23)24)19-13-3-1-4-15(11-13)27(25,26)20-16-5-2-10-18-16/h1,3-4,6-9,11H,2,5,10H2,(H,18,20)(H,19,22). The third-order valence-electron chi connectivity index (χ3n) is 3.87. The second kappa shape index (κ2) is 7.54. The molecule has 0 bridgehead atoms. The fourth-order valence-electron chi connectivity index (χ4n) is 2.52. The summed E-state index contributed by atoms with van der Waals surface area (Å²) in [6, 6.07) is 10.9. The van der Waals surface area contributed by atoms with Crippen molar-refractivity contribution >= 4 is 33.1 Å². The highest BCUT2D eigenvalue weighted by atomic mass is 32.2. The average Bonchev–Trinajstić information content (AvgIpc) is 3.14. The lowest BCUT2D eigenvalue weighted by atomic mass is 10.2. The van der Waals surface area contributed by atoms with E-state index in [2.05, 4.69) is 15.0 Å². The van der Waals surface area contributed by atoms with Crippen LogP contribution in [0.4, 0.5) is 11.4 Å². The van der Waals surface area contributed by atoms with Crippen LogP contribution in [0.3, 0.4) is 0 Å². The number of rotatable bonds is 5. The van der Waals surface area contributed by atoms with Gasteiger partial charge in [0.2, 0.25) is 0 Å². The SMILES string of the molecule is O=C(Nc1cccc(S(=O)(=O)NC2=NCCC2)c1)c1ccc([N+](=O)[O-])cc1. The normalized spacial score (nSPS) is 13.7. The maximum atomic E-state index is 12.4. The summed E-state index contributed by atoms with van der Waals surface area (Å²) in [6.45, 7) is 0.600. The van der Waals surface area contributed by atoms with Gasteiger partial charge in [-0.05, 0) is 36.8 Å². The van der Waals surface area contributed by atoms with Gasteiger partial charge in [-0.15, -0.1) is 0 Å². The topological polar surface area (TPSA) is 131 Å². The molecule has 2 aromatic carbocycles. The maximum Gasteiger partial charge on any atom is 0.269 e. The molecule has 0 unspecified atom stereocenters. The van der Waals surface area contributed by atoms with Gasteiger partial charge < -0.3 is 5.32 Å². The van der Waals surface area contributed by atoms with Crippen LogP contribution in [-0.4, -0.2) is 31.6 Å². The van der Waals surface area contributed by atoms with Crippen molar-refractivity contribution in [3.05, 3.63) is 64.2 Å². The zero-order chi connectivity index (χ0) is 19.4. The van der Waals surface area contributed by atoms with E-state index in [1.54, 1.807) is 6.07 Å². The molecule has 0 saturated carbocycles. The summed E-state index contributed by atoms with van der Waals surface area (Å²) in [7, 11) is -3.79. The number of carbonyl (C=O) groups is 1. The number of nitro groups is 1. The predicted octanol–water partition coefficient (Wildman–Crippen LogP) is 2.32. The van der Waals surface area contributed by atoms with E-state index in [-0.39, 0.29) is 21.8 Å². The number of non-ortho nitro benzene ring substituents is 1. The van der Waals surface area contributed by atoms with Crippen molar-refractivity contribution < 1.29 is 18.1 Å². The van der Waals surface area contributed by atoms with Crippen LogP contribution in [-0.2, 0) is 10.0 Å². The molecule has 1 heterocycles. The number of aliphatic imine (C=N–C) groups is 1. The first kappa shape index (κ1) is 18.5. The van der Waals surface area contributed by atoms with Gasteiger partial charge in [0.25, 0.3) is 21.6 Å². The lowest BCUT2D eigenvalue weighted by Gasteiger charge is -2.10. The number of hydrogen-bond acceptors (Lipinski definition) is 6. The highest BCUT2D eigenvalue weighted by molar-refractivity contribution is 7.90. The van der Waals surface area contributed by atoms with Crippen molar-refractivity contribution in [2.24, 2.45) is 4.99 Å². The zero-order valence-corrected chi connectivity index (χ0v) is 14.9. The first-order valence-electron chi connectivity index (χ1n) is 8.07. The fraction of sp³-hybridized carbons (Fsp3) is 0.176. The molecule has 2 aromatic rings. The van der Waals surface area contributed by atoms with E-state index in [0.29, 0.717) is 18.8 Å². The summed E-state index contributed by atoms with van der Waals surface area (Å²) in [5.74, 6) is -0.0807. The van der Waals surface area contributed by atoms with Crippen molar-refractivity contribution in [2.45, 2.75) is 17.7 Å². The third-order valence-corrected chi connectivity index (χ3v) is 5.25. The van der Waals surface area contributed by atoms with Crippen molar-refractivity contribution in [1.82, 2.24) is 4.72 Å². The van der Waals surface area contributed by atoms with Gasteiger partial charge in [-0.1, -0.05) is 6.07 Å². The minimum atomic E-state index is -3.79. The molecule has 1 aliphatic rings. The van der Waals surface area contributed by atoms with E-state index in [0.717, 1.165) is 6.42 Å². The molecule has 0 aromatic heterocycles. The van der Waals surface area contributed by atoms with Crippen LogP contribution in [0.25, 0.3) is 0 Å². The number of sulfonamides is 1. The maximum absolute atomic E-state index is 12.4. The Hall–Kier alpha value is -3.27. The molecule has 0 fully saturated rings. The number of nitrogens with zero attached hydrogens (tertiary/aromatic N) is 2. The van der Waals surface area contributed by atoms with Crippen LogP contribution in [0.1, 0.15) is 23.2 Å². The second-order valence-corrected chi connectivity index (χ2v) is 7.51. The summed E-state index contributed by atoms with van der Waals surface area (Å²) in [4.78, 5) is 26.5. The summed E-state index contributed by atoms with van der Waals surface area (Å²) in [6.07, 6.45) is 1.39. The Morgan fingerprint density at radius 2 is 1.89 bits per heavy atom. The Labute approximate surface area is 155 Å². The summed E-state index contributed by atoms with van der Waals surface area (Å²) >= 11 is 0. The molecule has 0 atom stereocenters. The number of carbonyl (C=O) groups excluding carboxylic acids is 1. The molecule has 3 rings (SSSR count). The largest absolute Gasteiger partial charge is 0.322 e. The first-order valence-corrected chi connectivity index (χ1v) is 9.55. The van der Waals surface area contributed by atoms with Crippen molar-refractivity contribution in [3.63, 3.8) is 0 Å². The van der Waals surface area contributed by atoms with Gasteiger partial charge in [-0.3, -0.25) is 24.6 Å². The van der Waals surface area contributed by atoms with Crippen LogP contribution >= 0.6 is 0 Å². The lowest BCUT2D eigenvalue weighted by Crippen LogP contribution is -2.29. The van der Waals surface area contributed by atoms with Gasteiger partial charge in [0.15, 0.2) is 0 Å². The van der Waals surface area contributed by atoms with Gasteiger partial charge in [0, 0.05) is 36.3 Å². The molecule has 2 N–H and O–H groups in total. The minimum Gasteiger partial charge on any atom is -0.322 e. The zero-order valence-electron chi connectivity index (χ0n) is 14.1. The van der Waals surface area contributed by atoms with E-state index in [1.165, 1.54) is 42.5 Å². The Morgan fingerprint density at radius 1 is 1.15 bits per heavy atom. The molecular formula is C17H16N4O5S. The van der Waals surface area contributed by atoms with E-state index in [4.69, 9.17) is 0 Å². The Kier molecular flexibility index (Phi) is 5.17. The Balaban J connectivity index is 1.75. The molecule has 1 aliphatic heterocycles. The highest BCUT2D eigenvalue weighted by Gasteiger charge is 2.19. The third kappa shape index (κ3) is 4.47. The van der Waals surface area contributed by atoms with Gasteiger partial charge >= 0.3 is 0 Å². The van der Waals surface area contributed by atoms with Crippen LogP contribution < -0.4 is 10.0 Å². The van der Waals surface area contributed by atoms with E-state index < -0.39 is 20.9 Å². The number of anilines is 1. The van der Waals surface area contributed by atoms with E-state index in [1.807, 2.05) is 0 Å². The Bertz CT molecular complexity index is 1020. The number of nitro benzene ring substituents is 1. The van der Waals surface area contributed by atoms with E-state index >= 15 is 0 Å². The molecular weight excluding hydrogens is 372 g/mol. The van der Waals surface area contributed by atoms with Crippen LogP contribution in [0, 0.1) is 10.1 Å². The molecule has 0 spiro atoms. The predicted molar refractivity (Wildman–Crippen MR) is 99.3 cm³/mol. The number of nitrogens with one attached hydrogen (secondary N) is 2. The van der Waals surface area contributed by atoms with Gasteiger partial charge in [-0.25, -0.2) is 8.42 Å². The smallest absolute Gasteiger partial charge is 0.269 e. The number of amides is 1. The summed E-state index contributed by atoms with van der Waals surface area (Å²) in [5.41, 5.74) is 0.377. The van der Waals surface area contributed by atoms with Crippen LogP contribution in [0.2, 0.25) is 0 Å². The van der Waals surface area contributed by atoms with E-state index in [9.17, 15) is 23.3 Å². The minimum absolute atomic E-state index is 0.00130. The number of amidine groups is 1. The number of hydrogen-bond donors (Lipinski definition) is 2. The quantitative estimate of drug-likeness (QED) is 0.599. The molecule has 0 aliphatic carbocycles. The molecule has 9 nitrogen and oxygen atoms in total. The first-order chi connectivity index (χ1) is 12.8. The molecule has 1 amide bonds. The van der Waals surface area contributed by atoms with Crippen LogP contribution in [0.15, 0.2) is 58.4 Å². The highest BCUT2D eigenvalue weighted by Crippen LogP contribution is 2.18. The summed E-state index contributed by atoms with van der Waals surface area (Å²) < 4.78 is 27.3. The van der Waals surface area contributed by atoms with Crippen molar-refractivity contribution in [3.8, 4) is 0 Å². The van der Waals surface area contributed by atoms with Gasteiger partial charge in [0.05, 0.1) is 9.82 Å². The van der Waals surface area contributed by atoms with Crippen LogP contribution in [0.5, 0.6) is 0 Å². The monoisotopic (exact) mass is 388 g/mol. The van der Waals surface area contributed by atoms with Gasteiger partial charge in [-0.2, -0.15) is 0 Å². The van der Waals surface area contributed by atoms with Gasteiger partial charge in [0.1, 0.15) is 5.84 Å². The number of benzene rings is 2. The molecule has 0 saturated heterocycles. The average molecular weight is 388 g/mol. The molecule has 0 radical (unpaired) electrons. The molecule has 10 heteroatoms. The summed E-state index contributed by atoms with van der Waals surface area (Å²) in [5, 5.41) is 13.2. The molecule has 140 valence electrons. The Morgan fingerprint density at radius 3 is 2.52 bits per heavy atom. The van der Waals surface area contributed by atoms with Crippen molar-refractivity contribution in [1.29, 1.82) is 0 Å². The lowest BCUT2D eigenvalue weighted by molar-refractivity contribution is -0.384.